The molecule has 2 aliphatic rings. The Morgan fingerprint density at radius 2 is 2.06 bits per heavy atom. The minimum absolute atomic E-state index is 0.0179. The van der Waals surface area contributed by atoms with Crippen molar-refractivity contribution < 1.29 is 19.5 Å². The van der Waals surface area contributed by atoms with Crippen LogP contribution in [0.2, 0.25) is 0 Å². The number of β-lactam (4-membered cyclic amide) rings is 1. The second kappa shape index (κ2) is 11.4. The van der Waals surface area contributed by atoms with E-state index in [2.05, 4.69) is 15.5 Å². The SMILES string of the molecule is CSCSC(C(=O)N[C@H]1C(=O)N2C(C(=O)O)=C(CSc3nnc(C)s3)CSC12)c1ccccc1. The van der Waals surface area contributed by atoms with Crippen molar-refractivity contribution in [2.24, 2.45) is 0 Å². The molecule has 0 spiro atoms. The third kappa shape index (κ3) is 5.43. The highest BCUT2D eigenvalue weighted by atomic mass is 32.2. The Hall–Kier alpha value is -1.67. The maximum absolute atomic E-state index is 13.1. The predicted octanol–water partition coefficient (Wildman–Crippen LogP) is 3.47. The molecule has 1 aromatic carbocycles. The van der Waals surface area contributed by atoms with E-state index in [4.69, 9.17) is 0 Å². The van der Waals surface area contributed by atoms with Crippen molar-refractivity contribution in [1.29, 1.82) is 0 Å². The summed E-state index contributed by atoms with van der Waals surface area (Å²) in [7, 11) is 0. The summed E-state index contributed by atoms with van der Waals surface area (Å²) in [6.07, 6.45) is 1.97. The molecule has 13 heteroatoms. The molecule has 2 aromatic rings. The average molecular weight is 555 g/mol. The van der Waals surface area contributed by atoms with Crippen molar-refractivity contribution in [3.05, 3.63) is 52.2 Å². The van der Waals surface area contributed by atoms with Crippen LogP contribution in [0.4, 0.5) is 0 Å². The summed E-state index contributed by atoms with van der Waals surface area (Å²) in [6.45, 7) is 1.86. The van der Waals surface area contributed by atoms with E-state index < -0.39 is 22.6 Å². The summed E-state index contributed by atoms with van der Waals surface area (Å²) in [5.41, 5.74) is 1.56. The lowest BCUT2D eigenvalue weighted by Crippen LogP contribution is -2.70. The highest BCUT2D eigenvalue weighted by Crippen LogP contribution is 2.42. The lowest BCUT2D eigenvalue weighted by Gasteiger charge is -2.49. The van der Waals surface area contributed by atoms with E-state index >= 15 is 0 Å². The van der Waals surface area contributed by atoms with Gasteiger partial charge in [0.1, 0.15) is 27.4 Å². The lowest BCUT2D eigenvalue weighted by molar-refractivity contribution is -0.150. The first-order valence-electron chi connectivity index (χ1n) is 10.2. The molecule has 2 aliphatic heterocycles. The molecule has 2 N–H and O–H groups in total. The fraction of sp³-hybridized carbons (Fsp3) is 0.381. The Morgan fingerprint density at radius 1 is 1.29 bits per heavy atom. The molecule has 0 bridgehead atoms. The zero-order valence-corrected chi connectivity index (χ0v) is 22.4. The number of nitrogens with one attached hydrogen (secondary N) is 1. The number of hydrogen-bond acceptors (Lipinski definition) is 10. The molecular formula is C21H22N4O4S5. The fourth-order valence-electron chi connectivity index (χ4n) is 3.60. The fourth-order valence-corrected chi connectivity index (χ4v) is 8.55. The van der Waals surface area contributed by atoms with Crippen molar-refractivity contribution in [3.8, 4) is 0 Å². The van der Waals surface area contributed by atoms with Gasteiger partial charge in [-0.3, -0.25) is 14.5 Å². The number of carbonyl (C=O) groups excluding carboxylic acids is 2. The van der Waals surface area contributed by atoms with Crippen LogP contribution in [0.15, 0.2) is 45.9 Å². The van der Waals surface area contributed by atoms with Crippen LogP contribution in [0.3, 0.4) is 0 Å². The molecule has 34 heavy (non-hydrogen) atoms. The maximum Gasteiger partial charge on any atom is 0.352 e. The van der Waals surface area contributed by atoms with Gasteiger partial charge in [0, 0.05) is 16.6 Å². The molecule has 1 saturated heterocycles. The van der Waals surface area contributed by atoms with Gasteiger partial charge in [-0.25, -0.2) is 4.79 Å². The van der Waals surface area contributed by atoms with Gasteiger partial charge in [0.2, 0.25) is 5.91 Å². The van der Waals surface area contributed by atoms with Crippen molar-refractivity contribution >= 4 is 76.2 Å². The second-order valence-electron chi connectivity index (χ2n) is 7.39. The van der Waals surface area contributed by atoms with E-state index in [0.29, 0.717) is 17.1 Å². The quantitative estimate of drug-likeness (QED) is 0.257. The van der Waals surface area contributed by atoms with E-state index in [0.717, 1.165) is 20.0 Å². The molecule has 0 aliphatic carbocycles. The van der Waals surface area contributed by atoms with E-state index in [1.54, 1.807) is 11.8 Å². The predicted molar refractivity (Wildman–Crippen MR) is 140 cm³/mol. The maximum atomic E-state index is 13.1. The summed E-state index contributed by atoms with van der Waals surface area (Å²) in [4.78, 5) is 39.5. The first kappa shape index (κ1) is 25.4. The standard InChI is InChI=1S/C21H22N4O4S5/c1-11-23-24-21(34-11)32-9-13-8-31-19-14(18(27)25(19)15(13)20(28)29)22-17(26)16(33-10-30-2)12-6-4-3-5-7-12/h3-7,14,16,19H,8-10H2,1-2H3,(H,22,26)(H,28,29)/t14-,16?,19?/m0/s1. The molecule has 2 amide bonds. The zero-order valence-electron chi connectivity index (χ0n) is 18.3. The van der Waals surface area contributed by atoms with E-state index in [-0.39, 0.29) is 17.5 Å². The van der Waals surface area contributed by atoms with Crippen LogP contribution in [0, 0.1) is 6.92 Å². The third-order valence-corrected chi connectivity index (χ3v) is 10.8. The number of aryl methyl sites for hydroxylation is 1. The Bertz CT molecular complexity index is 1110. The topological polar surface area (TPSA) is 112 Å². The largest absolute Gasteiger partial charge is 0.477 e. The number of carbonyl (C=O) groups is 3. The number of aliphatic carboxylic acids is 1. The van der Waals surface area contributed by atoms with Crippen LogP contribution in [0.1, 0.15) is 15.8 Å². The monoisotopic (exact) mass is 554 g/mol. The van der Waals surface area contributed by atoms with Gasteiger partial charge >= 0.3 is 5.97 Å². The number of rotatable bonds is 10. The minimum Gasteiger partial charge on any atom is -0.477 e. The Labute approximate surface area is 218 Å². The number of carboxylic acids is 1. The van der Waals surface area contributed by atoms with Crippen LogP contribution in [0.5, 0.6) is 0 Å². The Balaban J connectivity index is 1.47. The van der Waals surface area contributed by atoms with Gasteiger partial charge in [-0.1, -0.05) is 53.4 Å². The molecule has 3 atom stereocenters. The highest BCUT2D eigenvalue weighted by molar-refractivity contribution is 8.16. The molecule has 0 saturated carbocycles. The summed E-state index contributed by atoms with van der Waals surface area (Å²) in [6, 6.07) is 8.72. The molecule has 0 radical (unpaired) electrons. The lowest BCUT2D eigenvalue weighted by atomic mass is 10.0. The molecule has 4 rings (SSSR count). The molecular weight excluding hydrogens is 533 g/mol. The smallest absolute Gasteiger partial charge is 0.352 e. The number of hydrogen-bond donors (Lipinski definition) is 2. The van der Waals surface area contributed by atoms with E-state index in [1.165, 1.54) is 51.5 Å². The van der Waals surface area contributed by atoms with Gasteiger partial charge in [0.05, 0.1) is 0 Å². The van der Waals surface area contributed by atoms with Crippen LogP contribution in [-0.4, -0.2) is 72.2 Å². The van der Waals surface area contributed by atoms with Crippen molar-refractivity contribution in [2.45, 2.75) is 27.9 Å². The first-order chi connectivity index (χ1) is 16.4. The number of carboxylic acid groups (broad SMARTS) is 1. The van der Waals surface area contributed by atoms with Gasteiger partial charge in [-0.2, -0.15) is 11.8 Å². The highest BCUT2D eigenvalue weighted by Gasteiger charge is 2.54. The minimum atomic E-state index is -1.13. The van der Waals surface area contributed by atoms with Crippen LogP contribution >= 0.6 is 58.4 Å². The van der Waals surface area contributed by atoms with Gasteiger partial charge in [0.15, 0.2) is 4.34 Å². The van der Waals surface area contributed by atoms with Crippen molar-refractivity contribution in [2.75, 3.05) is 22.8 Å². The average Bonchev–Trinajstić information content (AvgIpc) is 3.26. The van der Waals surface area contributed by atoms with Gasteiger partial charge in [-0.15, -0.1) is 33.7 Å². The Kier molecular flexibility index (Phi) is 8.51. The summed E-state index contributed by atoms with van der Waals surface area (Å²) >= 11 is 7.47. The number of amides is 2. The third-order valence-electron chi connectivity index (χ3n) is 5.12. The number of fused-ring (bicyclic) bond motifs is 1. The van der Waals surface area contributed by atoms with Gasteiger partial charge < -0.3 is 10.4 Å². The van der Waals surface area contributed by atoms with Crippen molar-refractivity contribution in [1.82, 2.24) is 20.4 Å². The first-order valence-corrected chi connectivity index (χ1v) is 15.5. The van der Waals surface area contributed by atoms with Gasteiger partial charge in [0.25, 0.3) is 5.91 Å². The van der Waals surface area contributed by atoms with Crippen molar-refractivity contribution in [3.63, 3.8) is 0 Å². The van der Waals surface area contributed by atoms with Crippen LogP contribution < -0.4 is 5.32 Å². The number of thioether (sulfide) groups is 4. The van der Waals surface area contributed by atoms with Gasteiger partial charge in [-0.05, 0) is 24.3 Å². The summed E-state index contributed by atoms with van der Waals surface area (Å²) < 4.78 is 0.761. The van der Waals surface area contributed by atoms with E-state index in [1.807, 2.05) is 43.5 Å². The number of aromatic nitrogens is 2. The zero-order chi connectivity index (χ0) is 24.2. The molecule has 2 unspecified atom stereocenters. The van der Waals surface area contributed by atoms with Crippen LogP contribution in [-0.2, 0) is 14.4 Å². The summed E-state index contributed by atoms with van der Waals surface area (Å²) in [5, 5.41) is 21.5. The number of nitrogens with zero attached hydrogens (tertiary/aromatic N) is 3. The molecule has 1 fully saturated rings. The van der Waals surface area contributed by atoms with E-state index in [9.17, 15) is 19.5 Å². The summed E-state index contributed by atoms with van der Waals surface area (Å²) in [5.74, 6) is -0.879. The molecule has 8 nitrogen and oxygen atoms in total. The Morgan fingerprint density at radius 3 is 2.71 bits per heavy atom. The van der Waals surface area contributed by atoms with Crippen LogP contribution in [0.25, 0.3) is 0 Å². The molecule has 1 aromatic heterocycles. The molecule has 3 heterocycles. The second-order valence-corrected chi connectivity index (χ2v) is 13.2. The number of benzene rings is 1. The molecule has 180 valence electrons. The normalized spacial score (nSPS) is 20.5.